The van der Waals surface area contributed by atoms with Gasteiger partial charge in [0.15, 0.2) is 0 Å². The van der Waals surface area contributed by atoms with E-state index in [1.54, 1.807) is 0 Å². The van der Waals surface area contributed by atoms with Gasteiger partial charge in [0.05, 0.1) is 19.0 Å². The van der Waals surface area contributed by atoms with Crippen molar-refractivity contribution in [3.63, 3.8) is 0 Å². The molecule has 0 radical (unpaired) electrons. The lowest BCUT2D eigenvalue weighted by Gasteiger charge is -2.43. The second-order valence-electron chi connectivity index (χ2n) is 7.16. The standard InChI is InChI=1S/C19H32N4OS/c1-7-9-17-16(8-2)18(25-20-17)23-13-22(15(5)6)12-21(19(23)24)11-10-14(3)4/h15H,3,7-13H2,1-2,4-6H3. The molecule has 2 rings (SSSR count). The Balaban J connectivity index is 2.30. The van der Waals surface area contributed by atoms with Crippen LogP contribution in [0.5, 0.6) is 0 Å². The summed E-state index contributed by atoms with van der Waals surface area (Å²) < 4.78 is 4.65. The minimum absolute atomic E-state index is 0.0968. The fraction of sp³-hybridized carbons (Fsp3) is 0.684. The molecular formula is C19H32N4OS. The van der Waals surface area contributed by atoms with Crippen molar-refractivity contribution in [2.75, 3.05) is 24.8 Å². The lowest BCUT2D eigenvalue weighted by Crippen LogP contribution is -2.60. The molecule has 25 heavy (non-hydrogen) atoms. The Kier molecular flexibility index (Phi) is 7.02. The fourth-order valence-electron chi connectivity index (χ4n) is 3.04. The maximum absolute atomic E-state index is 13.1. The van der Waals surface area contributed by atoms with E-state index in [9.17, 15) is 4.79 Å². The molecule has 0 aliphatic carbocycles. The van der Waals surface area contributed by atoms with Crippen molar-refractivity contribution >= 4 is 22.6 Å². The van der Waals surface area contributed by atoms with E-state index in [4.69, 9.17) is 0 Å². The molecule has 0 atom stereocenters. The van der Waals surface area contributed by atoms with E-state index in [-0.39, 0.29) is 6.03 Å². The predicted octanol–water partition coefficient (Wildman–Crippen LogP) is 4.49. The second-order valence-corrected chi connectivity index (χ2v) is 7.91. The third-order valence-corrected chi connectivity index (χ3v) is 5.60. The summed E-state index contributed by atoms with van der Waals surface area (Å²) in [5.74, 6) is 0. The molecule has 0 unspecified atom stereocenters. The van der Waals surface area contributed by atoms with Gasteiger partial charge in [-0.1, -0.05) is 25.8 Å². The molecular weight excluding hydrogens is 332 g/mol. The zero-order chi connectivity index (χ0) is 18.6. The number of amides is 2. The van der Waals surface area contributed by atoms with Gasteiger partial charge >= 0.3 is 6.03 Å². The molecule has 1 saturated heterocycles. The molecule has 0 saturated carbocycles. The van der Waals surface area contributed by atoms with E-state index in [1.807, 2.05) is 16.7 Å². The number of rotatable bonds is 8. The van der Waals surface area contributed by atoms with Crippen LogP contribution in [-0.4, -0.2) is 46.1 Å². The largest absolute Gasteiger partial charge is 0.327 e. The van der Waals surface area contributed by atoms with E-state index < -0.39 is 0 Å². The molecule has 1 fully saturated rings. The van der Waals surface area contributed by atoms with Gasteiger partial charge in [-0.15, -0.1) is 6.58 Å². The molecule has 0 spiro atoms. The molecule has 1 aromatic rings. The highest BCUT2D eigenvalue weighted by Gasteiger charge is 2.34. The Morgan fingerprint density at radius 3 is 2.60 bits per heavy atom. The third kappa shape index (κ3) is 4.61. The highest BCUT2D eigenvalue weighted by Crippen LogP contribution is 2.33. The normalized spacial score (nSPS) is 16.2. The number of hydrogen-bond acceptors (Lipinski definition) is 4. The molecule has 2 heterocycles. The van der Waals surface area contributed by atoms with Crippen LogP contribution >= 0.6 is 11.5 Å². The topological polar surface area (TPSA) is 39.7 Å². The predicted molar refractivity (Wildman–Crippen MR) is 106 cm³/mol. The van der Waals surface area contributed by atoms with Crippen LogP contribution in [0.15, 0.2) is 12.2 Å². The van der Waals surface area contributed by atoms with E-state index in [1.165, 1.54) is 17.1 Å². The first-order valence-electron chi connectivity index (χ1n) is 9.31. The van der Waals surface area contributed by atoms with Crippen molar-refractivity contribution in [2.45, 2.75) is 66.3 Å². The number of carbonyl (C=O) groups excluding carboxylic acids is 1. The van der Waals surface area contributed by atoms with Crippen LogP contribution in [0.3, 0.4) is 0 Å². The highest BCUT2D eigenvalue weighted by molar-refractivity contribution is 7.10. The Morgan fingerprint density at radius 1 is 1.32 bits per heavy atom. The number of aryl methyl sites for hydroxylation is 1. The Morgan fingerprint density at radius 2 is 2.04 bits per heavy atom. The first kappa shape index (κ1) is 19.9. The van der Waals surface area contributed by atoms with Gasteiger partial charge < -0.3 is 4.90 Å². The summed E-state index contributed by atoms with van der Waals surface area (Å²) in [6.45, 7) is 16.7. The Hall–Kier alpha value is -1.40. The average Bonchev–Trinajstić information content (AvgIpc) is 2.96. The van der Waals surface area contributed by atoms with Crippen LogP contribution in [0.1, 0.15) is 58.7 Å². The number of hydrogen-bond donors (Lipinski definition) is 0. The van der Waals surface area contributed by atoms with Gasteiger partial charge in [0.25, 0.3) is 0 Å². The number of urea groups is 1. The summed E-state index contributed by atoms with van der Waals surface area (Å²) >= 11 is 1.48. The summed E-state index contributed by atoms with van der Waals surface area (Å²) in [4.78, 5) is 19.3. The van der Waals surface area contributed by atoms with Gasteiger partial charge in [0, 0.05) is 18.2 Å². The van der Waals surface area contributed by atoms with Gasteiger partial charge in [-0.05, 0) is 51.6 Å². The molecule has 1 aromatic heterocycles. The van der Waals surface area contributed by atoms with E-state index in [0.717, 1.165) is 48.5 Å². The molecule has 0 aromatic carbocycles. The van der Waals surface area contributed by atoms with Crippen molar-refractivity contribution in [1.82, 2.24) is 14.2 Å². The zero-order valence-electron chi connectivity index (χ0n) is 16.3. The highest BCUT2D eigenvalue weighted by atomic mass is 32.1. The number of nitrogens with zero attached hydrogens (tertiary/aromatic N) is 4. The van der Waals surface area contributed by atoms with E-state index >= 15 is 0 Å². The number of anilines is 1. The summed E-state index contributed by atoms with van der Waals surface area (Å²) in [6.07, 6.45) is 3.82. The molecule has 2 amide bonds. The van der Waals surface area contributed by atoms with Gasteiger partial charge in [-0.2, -0.15) is 4.37 Å². The van der Waals surface area contributed by atoms with Crippen LogP contribution in [-0.2, 0) is 12.8 Å². The Bertz CT molecular complexity index is 611. The van der Waals surface area contributed by atoms with Crippen LogP contribution in [0.4, 0.5) is 9.80 Å². The van der Waals surface area contributed by atoms with E-state index in [0.29, 0.717) is 19.4 Å². The van der Waals surface area contributed by atoms with Gasteiger partial charge in [-0.3, -0.25) is 9.80 Å². The van der Waals surface area contributed by atoms with Gasteiger partial charge in [0.1, 0.15) is 5.00 Å². The van der Waals surface area contributed by atoms with Crippen molar-refractivity contribution in [3.8, 4) is 0 Å². The van der Waals surface area contributed by atoms with Crippen molar-refractivity contribution < 1.29 is 4.79 Å². The van der Waals surface area contributed by atoms with Crippen LogP contribution in [0.2, 0.25) is 0 Å². The van der Waals surface area contributed by atoms with Crippen LogP contribution in [0, 0.1) is 0 Å². The maximum Gasteiger partial charge on any atom is 0.327 e. The minimum Gasteiger partial charge on any atom is -0.311 e. The molecule has 0 bridgehead atoms. The Labute approximate surface area is 156 Å². The van der Waals surface area contributed by atoms with Crippen molar-refractivity contribution in [1.29, 1.82) is 0 Å². The monoisotopic (exact) mass is 364 g/mol. The van der Waals surface area contributed by atoms with E-state index in [2.05, 4.69) is 43.5 Å². The van der Waals surface area contributed by atoms with Crippen molar-refractivity contribution in [2.24, 2.45) is 0 Å². The molecule has 1 aliphatic heterocycles. The fourth-order valence-corrected chi connectivity index (χ4v) is 4.04. The molecule has 140 valence electrons. The van der Waals surface area contributed by atoms with Gasteiger partial charge in [-0.25, -0.2) is 4.79 Å². The summed E-state index contributed by atoms with van der Waals surface area (Å²) in [5.41, 5.74) is 3.51. The zero-order valence-corrected chi connectivity index (χ0v) is 17.2. The molecule has 5 nitrogen and oxygen atoms in total. The third-order valence-electron chi connectivity index (χ3n) is 4.65. The second kappa shape index (κ2) is 8.81. The summed E-state index contributed by atoms with van der Waals surface area (Å²) in [6, 6.07) is 0.482. The van der Waals surface area contributed by atoms with Gasteiger partial charge in [0.2, 0.25) is 0 Å². The van der Waals surface area contributed by atoms with Crippen LogP contribution in [0.25, 0.3) is 0 Å². The molecule has 1 aliphatic rings. The minimum atomic E-state index is 0.0968. The average molecular weight is 365 g/mol. The maximum atomic E-state index is 13.1. The van der Waals surface area contributed by atoms with Crippen LogP contribution < -0.4 is 4.90 Å². The number of aromatic nitrogens is 1. The molecule has 0 N–H and O–H groups in total. The summed E-state index contributed by atoms with van der Waals surface area (Å²) in [7, 11) is 0. The summed E-state index contributed by atoms with van der Waals surface area (Å²) in [5, 5.41) is 1.03. The first-order chi connectivity index (χ1) is 11.9. The van der Waals surface area contributed by atoms with Crippen molar-refractivity contribution in [3.05, 3.63) is 23.4 Å². The smallest absolute Gasteiger partial charge is 0.311 e. The lowest BCUT2D eigenvalue weighted by molar-refractivity contribution is 0.0950. The molecule has 6 heteroatoms. The first-order valence-corrected chi connectivity index (χ1v) is 10.1. The number of carbonyl (C=O) groups is 1. The lowest BCUT2D eigenvalue weighted by atomic mass is 10.1. The SMILES string of the molecule is C=C(C)CCN1CN(C(C)C)CN(c2snc(CCC)c2CC)C1=O. The quantitative estimate of drug-likeness (QED) is 0.638.